The minimum absolute atomic E-state index is 0.178. The molecule has 7 heteroatoms. The molecule has 4 rings (SSSR count). The number of aryl methyl sites for hydroxylation is 1. The average molecular weight is 434 g/mol. The summed E-state index contributed by atoms with van der Waals surface area (Å²) in [6.07, 6.45) is 1.15. The Balaban J connectivity index is 1.52. The SMILES string of the molecule is Cc1cn([C@@H]2C[C@H](COCc3ccccc3)[C@@H](OCc3ccccc3)C2=O)c(=O)[nH]c1=O. The van der Waals surface area contributed by atoms with Gasteiger partial charge in [-0.3, -0.25) is 19.1 Å². The van der Waals surface area contributed by atoms with E-state index in [2.05, 4.69) is 4.98 Å². The number of nitrogens with one attached hydrogen (secondary N) is 1. The van der Waals surface area contributed by atoms with Gasteiger partial charge in [0, 0.05) is 17.7 Å². The fourth-order valence-corrected chi connectivity index (χ4v) is 4.05. The second-order valence-corrected chi connectivity index (χ2v) is 8.11. The topological polar surface area (TPSA) is 90.4 Å². The maximum atomic E-state index is 13.3. The highest BCUT2D eigenvalue weighted by atomic mass is 16.5. The zero-order valence-corrected chi connectivity index (χ0v) is 17.9. The molecule has 32 heavy (non-hydrogen) atoms. The first-order valence-electron chi connectivity index (χ1n) is 10.7. The zero-order chi connectivity index (χ0) is 22.5. The average Bonchev–Trinajstić information content (AvgIpc) is 3.11. The molecule has 0 radical (unpaired) electrons. The Hall–Kier alpha value is -3.29. The van der Waals surface area contributed by atoms with E-state index in [1.807, 2.05) is 60.7 Å². The zero-order valence-electron chi connectivity index (χ0n) is 17.9. The molecular formula is C25H26N2O5. The Bertz CT molecular complexity index is 1170. The molecule has 166 valence electrons. The molecule has 1 N–H and O–H groups in total. The number of hydrogen-bond acceptors (Lipinski definition) is 5. The van der Waals surface area contributed by atoms with Crippen LogP contribution in [0.1, 0.15) is 29.2 Å². The molecule has 0 unspecified atom stereocenters. The molecule has 1 saturated carbocycles. The van der Waals surface area contributed by atoms with Crippen LogP contribution >= 0.6 is 0 Å². The van der Waals surface area contributed by atoms with E-state index in [1.54, 1.807) is 6.92 Å². The fourth-order valence-electron chi connectivity index (χ4n) is 4.05. The first-order chi connectivity index (χ1) is 15.5. The van der Waals surface area contributed by atoms with Crippen LogP contribution in [0.2, 0.25) is 0 Å². The quantitative estimate of drug-likeness (QED) is 0.589. The maximum Gasteiger partial charge on any atom is 0.329 e. The van der Waals surface area contributed by atoms with Crippen molar-refractivity contribution in [3.8, 4) is 0 Å². The number of rotatable bonds is 8. The molecule has 1 aliphatic rings. The number of ether oxygens (including phenoxy) is 2. The van der Waals surface area contributed by atoms with Gasteiger partial charge in [-0.15, -0.1) is 0 Å². The van der Waals surface area contributed by atoms with Gasteiger partial charge in [-0.1, -0.05) is 60.7 Å². The molecule has 2 aromatic carbocycles. The van der Waals surface area contributed by atoms with E-state index in [-0.39, 0.29) is 11.7 Å². The van der Waals surface area contributed by atoms with Gasteiger partial charge in [0.25, 0.3) is 5.56 Å². The minimum Gasteiger partial charge on any atom is -0.376 e. The Morgan fingerprint density at radius 3 is 2.22 bits per heavy atom. The lowest BCUT2D eigenvalue weighted by molar-refractivity contribution is -0.133. The van der Waals surface area contributed by atoms with Gasteiger partial charge in [0.2, 0.25) is 0 Å². The van der Waals surface area contributed by atoms with Crippen molar-refractivity contribution in [2.45, 2.75) is 38.7 Å². The Morgan fingerprint density at radius 2 is 1.56 bits per heavy atom. The molecule has 3 atom stereocenters. The van der Waals surface area contributed by atoms with Crippen LogP contribution in [0.25, 0.3) is 0 Å². The van der Waals surface area contributed by atoms with E-state index < -0.39 is 23.4 Å². The second kappa shape index (κ2) is 9.89. The van der Waals surface area contributed by atoms with Crippen molar-refractivity contribution in [2.24, 2.45) is 5.92 Å². The standard InChI is InChI=1S/C25H26N2O5/c1-17-13-27(25(30)26-24(17)29)21-12-20(16-31-14-18-8-4-2-5-9-18)23(22(21)28)32-15-19-10-6-3-7-11-19/h2-11,13,20-21,23H,12,14-16H2,1H3,(H,26,29,30)/t20-,21-,23-/m1/s1. The normalized spacial score (nSPS) is 20.5. The third kappa shape index (κ3) is 4.95. The number of aromatic nitrogens is 2. The van der Waals surface area contributed by atoms with Crippen LogP contribution < -0.4 is 11.2 Å². The van der Waals surface area contributed by atoms with Crippen LogP contribution in [0.3, 0.4) is 0 Å². The van der Waals surface area contributed by atoms with Crippen LogP contribution in [-0.2, 0) is 27.5 Å². The van der Waals surface area contributed by atoms with Crippen LogP contribution in [0.5, 0.6) is 0 Å². The number of nitrogens with zero attached hydrogens (tertiary/aromatic N) is 1. The van der Waals surface area contributed by atoms with E-state index in [4.69, 9.17) is 9.47 Å². The number of Topliss-reactive ketones (excluding diaryl/α,β-unsaturated/α-hetero) is 1. The molecule has 0 spiro atoms. The highest BCUT2D eigenvalue weighted by Gasteiger charge is 2.44. The van der Waals surface area contributed by atoms with Crippen molar-refractivity contribution >= 4 is 5.78 Å². The summed E-state index contributed by atoms with van der Waals surface area (Å²) in [5, 5.41) is 0. The monoisotopic (exact) mass is 434 g/mol. The van der Waals surface area contributed by atoms with Gasteiger partial charge in [-0.05, 0) is 24.5 Å². The summed E-state index contributed by atoms with van der Waals surface area (Å²) < 4.78 is 13.3. The van der Waals surface area contributed by atoms with Crippen LogP contribution in [0, 0.1) is 12.8 Å². The van der Waals surface area contributed by atoms with Gasteiger partial charge in [0.1, 0.15) is 6.10 Å². The molecule has 1 fully saturated rings. The molecule has 0 bridgehead atoms. The third-order valence-electron chi connectivity index (χ3n) is 5.76. The van der Waals surface area contributed by atoms with Gasteiger partial charge in [-0.2, -0.15) is 0 Å². The largest absolute Gasteiger partial charge is 0.376 e. The lowest BCUT2D eigenvalue weighted by atomic mass is 10.1. The van der Waals surface area contributed by atoms with Crippen molar-refractivity contribution in [2.75, 3.05) is 6.61 Å². The van der Waals surface area contributed by atoms with Crippen molar-refractivity contribution in [1.29, 1.82) is 0 Å². The van der Waals surface area contributed by atoms with Crippen LogP contribution in [0.4, 0.5) is 0 Å². The molecule has 0 amide bonds. The van der Waals surface area contributed by atoms with Gasteiger partial charge in [0.05, 0.1) is 25.9 Å². The predicted octanol–water partition coefficient (Wildman–Crippen LogP) is 2.78. The summed E-state index contributed by atoms with van der Waals surface area (Å²) in [6, 6.07) is 18.7. The van der Waals surface area contributed by atoms with E-state index in [0.29, 0.717) is 31.8 Å². The highest BCUT2D eigenvalue weighted by molar-refractivity contribution is 5.89. The Labute approximate surface area is 185 Å². The van der Waals surface area contributed by atoms with E-state index >= 15 is 0 Å². The van der Waals surface area contributed by atoms with Gasteiger partial charge < -0.3 is 9.47 Å². The second-order valence-electron chi connectivity index (χ2n) is 8.11. The first kappa shape index (κ1) is 21.9. The summed E-state index contributed by atoms with van der Waals surface area (Å²) in [6.45, 7) is 2.66. The van der Waals surface area contributed by atoms with Crippen LogP contribution in [-0.4, -0.2) is 28.0 Å². The molecule has 0 aliphatic heterocycles. The molecule has 1 aromatic heterocycles. The van der Waals surface area contributed by atoms with Gasteiger partial charge in [-0.25, -0.2) is 4.79 Å². The first-order valence-corrected chi connectivity index (χ1v) is 10.7. The number of carbonyl (C=O) groups is 1. The van der Waals surface area contributed by atoms with E-state index in [9.17, 15) is 14.4 Å². The number of ketones is 1. The minimum atomic E-state index is -0.704. The molecule has 3 aromatic rings. The number of benzene rings is 2. The smallest absolute Gasteiger partial charge is 0.329 e. The van der Waals surface area contributed by atoms with E-state index in [0.717, 1.165) is 11.1 Å². The van der Waals surface area contributed by atoms with Crippen LogP contribution in [0.15, 0.2) is 76.4 Å². The number of hydrogen-bond donors (Lipinski definition) is 1. The van der Waals surface area contributed by atoms with Gasteiger partial charge >= 0.3 is 5.69 Å². The van der Waals surface area contributed by atoms with Crippen molar-refractivity contribution in [1.82, 2.24) is 9.55 Å². The van der Waals surface area contributed by atoms with Gasteiger partial charge in [0.15, 0.2) is 5.78 Å². The summed E-state index contributed by atoms with van der Waals surface area (Å²) in [5.74, 6) is -0.387. The molecule has 1 aliphatic carbocycles. The molecule has 7 nitrogen and oxygen atoms in total. The summed E-state index contributed by atoms with van der Waals surface area (Å²) in [7, 11) is 0. The number of aromatic amines is 1. The van der Waals surface area contributed by atoms with Crippen molar-refractivity contribution in [3.63, 3.8) is 0 Å². The molecule has 0 saturated heterocycles. The number of H-pyrrole nitrogens is 1. The summed E-state index contributed by atoms with van der Waals surface area (Å²) >= 11 is 0. The molecular weight excluding hydrogens is 408 g/mol. The lowest BCUT2D eigenvalue weighted by Crippen LogP contribution is -2.36. The Morgan fingerprint density at radius 1 is 0.938 bits per heavy atom. The van der Waals surface area contributed by atoms with E-state index in [1.165, 1.54) is 10.8 Å². The van der Waals surface area contributed by atoms with Crippen molar-refractivity contribution in [3.05, 3.63) is 104 Å². The Kier molecular flexibility index (Phi) is 6.78. The summed E-state index contributed by atoms with van der Waals surface area (Å²) in [4.78, 5) is 39.7. The highest BCUT2D eigenvalue weighted by Crippen LogP contribution is 2.34. The lowest BCUT2D eigenvalue weighted by Gasteiger charge is -2.19. The maximum absolute atomic E-state index is 13.3. The third-order valence-corrected chi connectivity index (χ3v) is 5.76. The van der Waals surface area contributed by atoms with Crippen molar-refractivity contribution < 1.29 is 14.3 Å². The predicted molar refractivity (Wildman–Crippen MR) is 119 cm³/mol. The fraction of sp³-hybridized carbons (Fsp3) is 0.320. The molecule has 1 heterocycles. The number of carbonyl (C=O) groups excluding carboxylic acids is 1. The summed E-state index contributed by atoms with van der Waals surface area (Å²) in [5.41, 5.74) is 1.35.